The highest BCUT2D eigenvalue weighted by molar-refractivity contribution is 6.74. The second-order valence-corrected chi connectivity index (χ2v) is 14.0. The third-order valence-corrected chi connectivity index (χ3v) is 10.4. The maximum atomic E-state index is 11.5. The van der Waals surface area contributed by atoms with E-state index in [0.717, 1.165) is 35.8 Å². The molecule has 0 bridgehead atoms. The van der Waals surface area contributed by atoms with Crippen LogP contribution in [0.4, 0.5) is 0 Å². The molecular weight excluding hydrogens is 390 g/mol. The second kappa shape index (κ2) is 7.52. The number of methoxy groups -OCH3 is 1. The van der Waals surface area contributed by atoms with E-state index in [1.54, 1.807) is 7.11 Å². The summed E-state index contributed by atoms with van der Waals surface area (Å²) in [5.74, 6) is 1.58. The van der Waals surface area contributed by atoms with Crippen molar-refractivity contribution in [1.29, 1.82) is 0 Å². The number of carbonyl (C=O) groups excluding carboxylic acids is 1. The molecule has 0 spiro atoms. The van der Waals surface area contributed by atoms with Gasteiger partial charge in [0.2, 0.25) is 5.88 Å². The molecule has 1 aromatic heterocycles. The average molecular weight is 418 g/mol. The van der Waals surface area contributed by atoms with Crippen molar-refractivity contribution >= 4 is 26.2 Å². The fraction of sp³-hybridized carbons (Fsp3) is 0.455. The van der Waals surface area contributed by atoms with Crippen molar-refractivity contribution in [3.8, 4) is 22.8 Å². The summed E-state index contributed by atoms with van der Waals surface area (Å²) in [5, 5.41) is 0.611. The average Bonchev–Trinajstić information content (AvgIpc) is 3.46. The predicted octanol–water partition coefficient (Wildman–Crippen LogP) is 6.48. The summed E-state index contributed by atoms with van der Waals surface area (Å²) in [6.45, 7) is 11.0. The van der Waals surface area contributed by atoms with Crippen LogP contribution < -0.4 is 9.16 Å². The SMILES string of the molecule is COc1nc(C=O)cc(-c2cccc(Cl)c2O[Si](C)(C)C(C)(C)C)c1C1CC1. The van der Waals surface area contributed by atoms with Crippen LogP contribution in [0.3, 0.4) is 0 Å². The molecule has 1 aliphatic rings. The Morgan fingerprint density at radius 3 is 2.43 bits per heavy atom. The summed E-state index contributed by atoms with van der Waals surface area (Å²) >= 11 is 6.61. The van der Waals surface area contributed by atoms with E-state index >= 15 is 0 Å². The van der Waals surface area contributed by atoms with Gasteiger partial charge in [0.15, 0.2) is 6.29 Å². The molecule has 0 unspecified atom stereocenters. The lowest BCUT2D eigenvalue weighted by atomic mass is 9.96. The van der Waals surface area contributed by atoms with E-state index in [0.29, 0.717) is 28.3 Å². The van der Waals surface area contributed by atoms with Gasteiger partial charge in [-0.1, -0.05) is 44.5 Å². The normalized spacial score (nSPS) is 14.7. The summed E-state index contributed by atoms with van der Waals surface area (Å²) in [4.78, 5) is 15.9. The number of para-hydroxylation sites is 1. The van der Waals surface area contributed by atoms with Crippen molar-refractivity contribution in [2.75, 3.05) is 7.11 Å². The van der Waals surface area contributed by atoms with E-state index < -0.39 is 8.32 Å². The number of rotatable bonds is 6. The Balaban J connectivity index is 2.23. The zero-order valence-electron chi connectivity index (χ0n) is 17.4. The molecule has 0 atom stereocenters. The molecule has 6 heteroatoms. The summed E-state index contributed by atoms with van der Waals surface area (Å²) in [6.07, 6.45) is 2.93. The van der Waals surface area contributed by atoms with E-state index in [1.807, 2.05) is 24.3 Å². The second-order valence-electron chi connectivity index (χ2n) is 8.89. The Morgan fingerprint density at radius 1 is 1.21 bits per heavy atom. The minimum atomic E-state index is -2.12. The van der Waals surface area contributed by atoms with Gasteiger partial charge < -0.3 is 9.16 Å². The lowest BCUT2D eigenvalue weighted by molar-refractivity contribution is 0.111. The highest BCUT2D eigenvalue weighted by Crippen LogP contribution is 2.51. The van der Waals surface area contributed by atoms with E-state index in [-0.39, 0.29) is 5.04 Å². The molecule has 0 saturated heterocycles. The molecule has 2 aromatic rings. The van der Waals surface area contributed by atoms with Gasteiger partial charge in [-0.15, -0.1) is 0 Å². The largest absolute Gasteiger partial charge is 0.542 e. The highest BCUT2D eigenvalue weighted by Gasteiger charge is 2.40. The van der Waals surface area contributed by atoms with E-state index in [2.05, 4.69) is 38.8 Å². The minimum absolute atomic E-state index is 0.0344. The zero-order chi connectivity index (χ0) is 20.7. The van der Waals surface area contributed by atoms with E-state index in [9.17, 15) is 4.79 Å². The Morgan fingerprint density at radius 2 is 1.89 bits per heavy atom. The Labute approximate surface area is 173 Å². The molecule has 150 valence electrons. The number of hydrogen-bond acceptors (Lipinski definition) is 4. The quantitative estimate of drug-likeness (QED) is 0.398. The molecule has 28 heavy (non-hydrogen) atoms. The summed E-state index contributed by atoms with van der Waals surface area (Å²) < 4.78 is 12.2. The van der Waals surface area contributed by atoms with Crippen LogP contribution in [0.1, 0.15) is 55.6 Å². The first kappa shape index (κ1) is 20.9. The lowest BCUT2D eigenvalue weighted by Crippen LogP contribution is -2.44. The number of aldehydes is 1. The van der Waals surface area contributed by atoms with Gasteiger partial charge in [0.05, 0.1) is 12.1 Å². The number of benzene rings is 1. The van der Waals surface area contributed by atoms with Crippen molar-refractivity contribution in [3.63, 3.8) is 0 Å². The Bertz CT molecular complexity index is 901. The van der Waals surface area contributed by atoms with Gasteiger partial charge in [0.1, 0.15) is 11.4 Å². The van der Waals surface area contributed by atoms with Crippen LogP contribution in [0.15, 0.2) is 24.3 Å². The van der Waals surface area contributed by atoms with Crippen LogP contribution in [0.25, 0.3) is 11.1 Å². The van der Waals surface area contributed by atoms with E-state index in [4.69, 9.17) is 20.8 Å². The number of pyridine rings is 1. The monoisotopic (exact) mass is 417 g/mol. The summed E-state index contributed by atoms with van der Waals surface area (Å²) in [6, 6.07) is 7.60. The fourth-order valence-corrected chi connectivity index (χ4v) is 4.30. The first-order valence-corrected chi connectivity index (χ1v) is 12.9. The molecule has 1 heterocycles. The van der Waals surface area contributed by atoms with Gasteiger partial charge in [-0.3, -0.25) is 4.79 Å². The van der Waals surface area contributed by atoms with Gasteiger partial charge in [0.25, 0.3) is 8.32 Å². The number of ether oxygens (including phenoxy) is 1. The number of nitrogens with zero attached hydrogens (tertiary/aromatic N) is 1. The van der Waals surface area contributed by atoms with Crippen molar-refractivity contribution < 1.29 is 14.0 Å². The molecule has 4 nitrogen and oxygen atoms in total. The maximum Gasteiger partial charge on any atom is 0.250 e. The van der Waals surface area contributed by atoms with Crippen LogP contribution >= 0.6 is 11.6 Å². The smallest absolute Gasteiger partial charge is 0.250 e. The van der Waals surface area contributed by atoms with Crippen molar-refractivity contribution in [3.05, 3.63) is 40.5 Å². The topological polar surface area (TPSA) is 48.4 Å². The molecule has 0 N–H and O–H groups in total. The molecular formula is C22H28ClNO3Si. The molecule has 1 saturated carbocycles. The van der Waals surface area contributed by atoms with Crippen LogP contribution in [-0.2, 0) is 0 Å². The standard InChI is InChI=1S/C22H28ClNO3Si/c1-22(2,3)28(5,6)27-20-16(8-7-9-18(20)23)17-12-15(13-25)24-21(26-4)19(17)14-10-11-14/h7-9,12-14H,10-11H2,1-6H3. The van der Waals surface area contributed by atoms with Crippen LogP contribution in [0.5, 0.6) is 11.6 Å². The third kappa shape index (κ3) is 3.96. The summed E-state index contributed by atoms with van der Waals surface area (Å²) in [5.41, 5.74) is 3.20. The first-order chi connectivity index (χ1) is 13.1. The maximum absolute atomic E-state index is 11.5. The molecule has 0 amide bonds. The van der Waals surface area contributed by atoms with Crippen molar-refractivity contribution in [2.45, 2.75) is 57.7 Å². The number of hydrogen-bond donors (Lipinski definition) is 0. The van der Waals surface area contributed by atoms with Crippen LogP contribution in [-0.4, -0.2) is 26.7 Å². The Kier molecular flexibility index (Phi) is 5.61. The van der Waals surface area contributed by atoms with Gasteiger partial charge >= 0.3 is 0 Å². The number of aromatic nitrogens is 1. The Hall–Kier alpha value is -1.85. The minimum Gasteiger partial charge on any atom is -0.542 e. The van der Waals surface area contributed by atoms with Gasteiger partial charge in [0, 0.05) is 11.1 Å². The number of halogens is 1. The molecule has 0 aliphatic heterocycles. The molecule has 1 aromatic carbocycles. The highest BCUT2D eigenvalue weighted by atomic mass is 35.5. The van der Waals surface area contributed by atoms with Crippen molar-refractivity contribution in [1.82, 2.24) is 4.98 Å². The van der Waals surface area contributed by atoms with Gasteiger partial charge in [-0.2, -0.15) is 0 Å². The summed E-state index contributed by atoms with van der Waals surface area (Å²) in [7, 11) is -0.520. The zero-order valence-corrected chi connectivity index (χ0v) is 19.2. The van der Waals surface area contributed by atoms with E-state index in [1.165, 1.54) is 0 Å². The third-order valence-electron chi connectivity index (χ3n) is 5.76. The predicted molar refractivity (Wildman–Crippen MR) is 116 cm³/mol. The van der Waals surface area contributed by atoms with Crippen molar-refractivity contribution in [2.24, 2.45) is 0 Å². The first-order valence-electron chi connectivity index (χ1n) is 9.61. The number of carbonyl (C=O) groups is 1. The molecule has 1 fully saturated rings. The van der Waals surface area contributed by atoms with Crippen LogP contribution in [0.2, 0.25) is 23.2 Å². The lowest BCUT2D eigenvalue weighted by Gasteiger charge is -2.37. The fourth-order valence-electron chi connectivity index (χ4n) is 2.99. The molecule has 3 rings (SSSR count). The molecule has 0 radical (unpaired) electrons. The van der Waals surface area contributed by atoms with Crippen LogP contribution in [0, 0.1) is 0 Å². The molecule has 1 aliphatic carbocycles. The van der Waals surface area contributed by atoms with Gasteiger partial charge in [-0.05, 0) is 54.6 Å². The van der Waals surface area contributed by atoms with Gasteiger partial charge in [-0.25, -0.2) is 4.98 Å².